The van der Waals surface area contributed by atoms with Crippen molar-refractivity contribution in [1.82, 2.24) is 4.98 Å². The third-order valence-corrected chi connectivity index (χ3v) is 4.03. The molecule has 1 unspecified atom stereocenters. The maximum atomic E-state index is 13.0. The number of anilines is 1. The lowest BCUT2D eigenvalue weighted by Gasteiger charge is -2.41. The fourth-order valence-corrected chi connectivity index (χ4v) is 2.67. The van der Waals surface area contributed by atoms with Crippen molar-refractivity contribution < 1.29 is 34.1 Å². The molecule has 1 aliphatic heterocycles. The highest BCUT2D eigenvalue weighted by Gasteiger charge is 2.53. The van der Waals surface area contributed by atoms with Crippen molar-refractivity contribution >= 4 is 23.7 Å². The number of aliphatic hydroxyl groups is 1. The normalized spacial score (nSPS) is 22.0. The van der Waals surface area contributed by atoms with Crippen LogP contribution in [0.25, 0.3) is 0 Å². The second-order valence-electron chi connectivity index (χ2n) is 6.68. The number of ether oxygens (including phenoxy) is 2. The van der Waals surface area contributed by atoms with Crippen molar-refractivity contribution in [3.8, 4) is 0 Å². The first kappa shape index (κ1) is 19.8. The van der Waals surface area contributed by atoms with Gasteiger partial charge in [-0.05, 0) is 32.9 Å². The molecule has 26 heavy (non-hydrogen) atoms. The number of rotatable bonds is 5. The van der Waals surface area contributed by atoms with Gasteiger partial charge in [0.25, 0.3) is 5.91 Å². The van der Waals surface area contributed by atoms with Crippen LogP contribution >= 0.6 is 0 Å². The van der Waals surface area contributed by atoms with Crippen LogP contribution < -0.4 is 4.90 Å². The maximum absolute atomic E-state index is 13.0. The van der Waals surface area contributed by atoms with E-state index in [1.165, 1.54) is 11.8 Å². The fraction of sp³-hybridized carbons (Fsp3) is 0.529. The lowest BCUT2D eigenvalue weighted by atomic mass is 9.95. The zero-order chi connectivity index (χ0) is 19.7. The standard InChI is InChI=1S/C17H22N2O7/c1-10(20)26-13(14(21)22)17(4)15(23)19(8-9-25-17)12-7-5-6-11(18-12)16(2,3)24/h5-7,13,24H,8-9H2,1-4H3,(H,21,22)/t13-,17?/m0/s1. The van der Waals surface area contributed by atoms with Crippen LogP contribution in [0, 0.1) is 0 Å². The van der Waals surface area contributed by atoms with Crippen LogP contribution in [0.15, 0.2) is 18.2 Å². The molecule has 2 N–H and O–H groups in total. The molecule has 1 aromatic rings. The number of carbonyl (C=O) groups excluding carboxylic acids is 2. The molecule has 1 amide bonds. The molecule has 2 heterocycles. The molecule has 0 aromatic carbocycles. The lowest BCUT2D eigenvalue weighted by molar-refractivity contribution is -0.193. The topological polar surface area (TPSA) is 126 Å². The highest BCUT2D eigenvalue weighted by molar-refractivity contribution is 6.03. The molecule has 2 atom stereocenters. The summed E-state index contributed by atoms with van der Waals surface area (Å²) < 4.78 is 10.2. The van der Waals surface area contributed by atoms with Crippen LogP contribution in [0.2, 0.25) is 0 Å². The zero-order valence-corrected chi connectivity index (χ0v) is 15.1. The average Bonchev–Trinajstić information content (AvgIpc) is 2.54. The Labute approximate surface area is 150 Å². The van der Waals surface area contributed by atoms with Gasteiger partial charge in [0.2, 0.25) is 6.10 Å². The molecule has 1 saturated heterocycles. The number of morpholine rings is 1. The molecular weight excluding hydrogens is 344 g/mol. The van der Waals surface area contributed by atoms with Gasteiger partial charge in [0.15, 0.2) is 5.60 Å². The summed E-state index contributed by atoms with van der Waals surface area (Å²) in [5.41, 5.74) is -2.76. The summed E-state index contributed by atoms with van der Waals surface area (Å²) in [5, 5.41) is 19.5. The Morgan fingerprint density at radius 1 is 1.42 bits per heavy atom. The average molecular weight is 366 g/mol. The van der Waals surface area contributed by atoms with Crippen LogP contribution in [0.5, 0.6) is 0 Å². The quantitative estimate of drug-likeness (QED) is 0.719. The first-order valence-electron chi connectivity index (χ1n) is 8.02. The number of aliphatic carboxylic acids is 1. The zero-order valence-electron chi connectivity index (χ0n) is 15.1. The molecule has 9 nitrogen and oxygen atoms in total. The number of esters is 1. The third-order valence-electron chi connectivity index (χ3n) is 4.03. The summed E-state index contributed by atoms with van der Waals surface area (Å²) >= 11 is 0. The molecule has 9 heteroatoms. The van der Waals surface area contributed by atoms with E-state index in [4.69, 9.17) is 9.47 Å². The van der Waals surface area contributed by atoms with Crippen LogP contribution in [-0.4, -0.2) is 57.9 Å². The second-order valence-corrected chi connectivity index (χ2v) is 6.68. The van der Waals surface area contributed by atoms with E-state index in [0.717, 1.165) is 6.92 Å². The van der Waals surface area contributed by atoms with Gasteiger partial charge in [-0.3, -0.25) is 14.5 Å². The first-order valence-corrected chi connectivity index (χ1v) is 8.02. The van der Waals surface area contributed by atoms with E-state index < -0.39 is 35.2 Å². The van der Waals surface area contributed by atoms with Crippen LogP contribution in [0.3, 0.4) is 0 Å². The lowest BCUT2D eigenvalue weighted by Crippen LogP contribution is -2.64. The van der Waals surface area contributed by atoms with Gasteiger partial charge in [-0.1, -0.05) is 6.07 Å². The van der Waals surface area contributed by atoms with Crippen molar-refractivity contribution in [2.75, 3.05) is 18.1 Å². The predicted molar refractivity (Wildman–Crippen MR) is 89.4 cm³/mol. The number of pyridine rings is 1. The van der Waals surface area contributed by atoms with Crippen molar-refractivity contribution in [1.29, 1.82) is 0 Å². The number of hydrogen-bond donors (Lipinski definition) is 2. The Morgan fingerprint density at radius 3 is 2.62 bits per heavy atom. The first-order chi connectivity index (χ1) is 12.0. The van der Waals surface area contributed by atoms with Crippen LogP contribution in [0.1, 0.15) is 33.4 Å². The van der Waals surface area contributed by atoms with Gasteiger partial charge >= 0.3 is 11.9 Å². The molecule has 1 aromatic heterocycles. The number of nitrogens with zero attached hydrogens (tertiary/aromatic N) is 2. The Hall–Kier alpha value is -2.52. The fourth-order valence-electron chi connectivity index (χ4n) is 2.67. The number of hydrogen-bond acceptors (Lipinski definition) is 7. The van der Waals surface area contributed by atoms with Gasteiger partial charge in [-0.15, -0.1) is 0 Å². The van der Waals surface area contributed by atoms with Gasteiger partial charge in [0, 0.05) is 6.92 Å². The molecule has 142 valence electrons. The van der Waals surface area contributed by atoms with Crippen LogP contribution in [-0.2, 0) is 29.5 Å². The Balaban J connectivity index is 2.40. The number of carbonyl (C=O) groups is 3. The number of aromatic nitrogens is 1. The molecule has 1 aliphatic rings. The highest BCUT2D eigenvalue weighted by atomic mass is 16.6. The van der Waals surface area contributed by atoms with Gasteiger partial charge in [0.05, 0.1) is 18.8 Å². The summed E-state index contributed by atoms with van der Waals surface area (Å²) in [6.45, 7) is 5.61. The minimum atomic E-state index is -1.90. The van der Waals surface area contributed by atoms with E-state index in [-0.39, 0.29) is 19.0 Å². The van der Waals surface area contributed by atoms with E-state index in [9.17, 15) is 24.6 Å². The van der Waals surface area contributed by atoms with Crippen molar-refractivity contribution in [3.05, 3.63) is 23.9 Å². The van der Waals surface area contributed by atoms with E-state index in [2.05, 4.69) is 4.98 Å². The smallest absolute Gasteiger partial charge is 0.348 e. The number of carboxylic acid groups (broad SMARTS) is 1. The Morgan fingerprint density at radius 2 is 2.08 bits per heavy atom. The van der Waals surface area contributed by atoms with Gasteiger partial charge < -0.3 is 19.7 Å². The molecule has 0 radical (unpaired) electrons. The molecule has 2 rings (SSSR count). The summed E-state index contributed by atoms with van der Waals surface area (Å²) in [5.74, 6) is -2.78. The second kappa shape index (κ2) is 7.00. The van der Waals surface area contributed by atoms with E-state index in [0.29, 0.717) is 5.69 Å². The minimum Gasteiger partial charge on any atom is -0.478 e. The largest absolute Gasteiger partial charge is 0.478 e. The summed E-state index contributed by atoms with van der Waals surface area (Å²) in [4.78, 5) is 41.3. The minimum absolute atomic E-state index is 0.0295. The van der Waals surface area contributed by atoms with Crippen LogP contribution in [0.4, 0.5) is 5.82 Å². The van der Waals surface area contributed by atoms with Gasteiger partial charge in [-0.2, -0.15) is 0 Å². The third kappa shape index (κ3) is 3.83. The maximum Gasteiger partial charge on any atom is 0.348 e. The van der Waals surface area contributed by atoms with Crippen molar-refractivity contribution in [3.63, 3.8) is 0 Å². The van der Waals surface area contributed by atoms with Gasteiger partial charge in [0.1, 0.15) is 11.4 Å². The molecular formula is C17H22N2O7. The van der Waals surface area contributed by atoms with E-state index >= 15 is 0 Å². The number of carboxylic acids is 1. The van der Waals surface area contributed by atoms with E-state index in [1.54, 1.807) is 32.0 Å². The monoisotopic (exact) mass is 366 g/mol. The number of amides is 1. The van der Waals surface area contributed by atoms with Crippen molar-refractivity contribution in [2.24, 2.45) is 0 Å². The summed E-state index contributed by atoms with van der Waals surface area (Å²) in [6.07, 6.45) is -1.80. The predicted octanol–water partition coefficient (Wildman–Crippen LogP) is 0.447. The Kier molecular flexibility index (Phi) is 5.33. The summed E-state index contributed by atoms with van der Waals surface area (Å²) in [7, 11) is 0. The van der Waals surface area contributed by atoms with E-state index in [1.807, 2.05) is 0 Å². The molecule has 0 saturated carbocycles. The molecule has 0 aliphatic carbocycles. The van der Waals surface area contributed by atoms with Crippen molar-refractivity contribution in [2.45, 2.75) is 45.0 Å². The Bertz CT molecular complexity index is 728. The molecule has 0 bridgehead atoms. The molecule has 0 spiro atoms. The highest BCUT2D eigenvalue weighted by Crippen LogP contribution is 2.29. The molecule has 1 fully saturated rings. The SMILES string of the molecule is CC(=O)O[C@@H](C(=O)O)C1(C)OCCN(c2cccc(C(C)(C)O)n2)C1=O. The van der Waals surface area contributed by atoms with Gasteiger partial charge in [-0.25, -0.2) is 9.78 Å². The summed E-state index contributed by atoms with van der Waals surface area (Å²) in [6, 6.07) is 4.82.